The number of fused-ring (bicyclic) bond motifs is 1. The normalized spacial score (nSPS) is 12.9. The molecule has 1 unspecified atom stereocenters. The number of aryl methyl sites for hydroxylation is 1. The van der Waals surface area contributed by atoms with Crippen molar-refractivity contribution in [3.05, 3.63) is 94.7 Å². The first-order chi connectivity index (χ1) is 19.4. The molecule has 0 aliphatic carbocycles. The van der Waals surface area contributed by atoms with Gasteiger partial charge in [-0.2, -0.15) is 26.3 Å². The number of carbonyl (C=O) groups is 1. The Bertz CT molecular complexity index is 1510. The highest BCUT2D eigenvalue weighted by Gasteiger charge is 2.37. The number of aromatic nitrogens is 2. The van der Waals surface area contributed by atoms with Crippen molar-refractivity contribution in [1.29, 1.82) is 0 Å². The fraction of sp³-hybridized carbons (Fsp3) is 0.323. The van der Waals surface area contributed by atoms with Gasteiger partial charge in [-0.25, -0.2) is 4.79 Å². The summed E-state index contributed by atoms with van der Waals surface area (Å²) in [5, 5.41) is 6.50. The summed E-state index contributed by atoms with van der Waals surface area (Å²) < 4.78 is 87.8. The third-order valence-electron chi connectivity index (χ3n) is 6.98. The number of hydrogen-bond donors (Lipinski definition) is 0. The number of carbonyl (C=O) groups excluding carboxylic acids is 1. The maximum atomic E-state index is 13.5. The number of alkyl halides is 6. The molecule has 0 spiro atoms. The van der Waals surface area contributed by atoms with Crippen LogP contribution in [0.1, 0.15) is 65.3 Å². The summed E-state index contributed by atoms with van der Waals surface area (Å²) in [4.78, 5) is 11.9. The third kappa shape index (κ3) is 6.52. The second-order valence-electron chi connectivity index (χ2n) is 9.79. The molecular formula is C31H29F6N2O2+. The fourth-order valence-corrected chi connectivity index (χ4v) is 5.04. The number of halogens is 6. The molecule has 41 heavy (non-hydrogen) atoms. The Morgan fingerprint density at radius 3 is 1.98 bits per heavy atom. The minimum atomic E-state index is -4.92. The van der Waals surface area contributed by atoms with Crippen LogP contribution in [-0.2, 0) is 30.1 Å². The van der Waals surface area contributed by atoms with Gasteiger partial charge < -0.3 is 4.74 Å². The van der Waals surface area contributed by atoms with E-state index in [-0.39, 0.29) is 18.1 Å². The smallest absolute Gasteiger partial charge is 0.416 e. The van der Waals surface area contributed by atoms with Crippen molar-refractivity contribution in [2.45, 2.75) is 57.9 Å². The van der Waals surface area contributed by atoms with E-state index in [4.69, 9.17) is 9.84 Å². The lowest BCUT2D eigenvalue weighted by Gasteiger charge is -2.19. The predicted octanol–water partition coefficient (Wildman–Crippen LogP) is 8.16. The summed E-state index contributed by atoms with van der Waals surface area (Å²) in [5.41, 5.74) is -0.198. The second-order valence-corrected chi connectivity index (χ2v) is 9.79. The van der Waals surface area contributed by atoms with Crippen molar-refractivity contribution in [3.63, 3.8) is 0 Å². The van der Waals surface area contributed by atoms with E-state index in [0.29, 0.717) is 30.6 Å². The van der Waals surface area contributed by atoms with E-state index in [1.165, 1.54) is 7.11 Å². The summed E-state index contributed by atoms with van der Waals surface area (Å²) in [7, 11) is 1.30. The van der Waals surface area contributed by atoms with Gasteiger partial charge in [0.2, 0.25) is 5.69 Å². The topological polar surface area (TPSA) is 43.1 Å². The van der Waals surface area contributed by atoms with Crippen LogP contribution in [-0.4, -0.2) is 18.2 Å². The summed E-state index contributed by atoms with van der Waals surface area (Å²) in [6, 6.07) is 16.0. The highest BCUT2D eigenvalue weighted by atomic mass is 19.4. The first kappa shape index (κ1) is 30.0. The van der Waals surface area contributed by atoms with Gasteiger partial charge in [0.15, 0.2) is 6.54 Å². The van der Waals surface area contributed by atoms with E-state index < -0.39 is 35.4 Å². The number of benzene rings is 3. The lowest BCUT2D eigenvalue weighted by molar-refractivity contribution is -0.759. The molecule has 1 atom stereocenters. The van der Waals surface area contributed by atoms with E-state index in [0.717, 1.165) is 34.2 Å². The molecule has 0 bridgehead atoms. The first-order valence-electron chi connectivity index (χ1n) is 13.2. The van der Waals surface area contributed by atoms with Gasteiger partial charge in [0.1, 0.15) is 5.69 Å². The molecule has 4 rings (SSSR count). The van der Waals surface area contributed by atoms with Gasteiger partial charge in [0.25, 0.3) is 0 Å². The zero-order chi connectivity index (χ0) is 29.9. The Kier molecular flexibility index (Phi) is 8.70. The molecule has 0 fully saturated rings. The Balaban J connectivity index is 1.87. The van der Waals surface area contributed by atoms with Crippen LogP contribution in [0.2, 0.25) is 0 Å². The second kappa shape index (κ2) is 11.9. The summed E-state index contributed by atoms with van der Waals surface area (Å²) in [5.74, 6) is -0.890. The number of esters is 1. The monoisotopic (exact) mass is 575 g/mol. The molecule has 0 N–H and O–H groups in total. The Morgan fingerprint density at radius 1 is 0.878 bits per heavy atom. The van der Waals surface area contributed by atoms with Crippen LogP contribution < -0.4 is 4.68 Å². The molecule has 0 radical (unpaired) electrons. The largest absolute Gasteiger partial charge is 0.465 e. The van der Waals surface area contributed by atoms with Gasteiger partial charge in [-0.3, -0.25) is 0 Å². The molecular weight excluding hydrogens is 546 g/mol. The van der Waals surface area contributed by atoms with Gasteiger partial charge in [-0.15, -0.1) is 0 Å². The zero-order valence-electron chi connectivity index (χ0n) is 22.7. The minimum absolute atomic E-state index is 0.0357. The molecule has 0 saturated heterocycles. The minimum Gasteiger partial charge on any atom is -0.465 e. The molecule has 0 saturated carbocycles. The van der Waals surface area contributed by atoms with Gasteiger partial charge in [-0.1, -0.05) is 48.9 Å². The van der Waals surface area contributed by atoms with Crippen molar-refractivity contribution < 1.29 is 40.6 Å². The SMILES string of the molecule is CCC[n+]1nc(-c2ccc(C(=O)OC)cc2)c2ccccc2c1C(CC)Cc1cc(C(F)(F)F)cc(C(F)(F)F)c1. The highest BCUT2D eigenvalue weighted by Crippen LogP contribution is 2.38. The van der Waals surface area contributed by atoms with Crippen molar-refractivity contribution >= 4 is 16.7 Å². The van der Waals surface area contributed by atoms with E-state index >= 15 is 0 Å². The molecule has 0 aliphatic heterocycles. The quantitative estimate of drug-likeness (QED) is 0.121. The summed E-state index contributed by atoms with van der Waals surface area (Å²) in [6.07, 6.45) is -8.72. The Hall–Kier alpha value is -3.95. The van der Waals surface area contributed by atoms with Crippen LogP contribution in [0.4, 0.5) is 26.3 Å². The van der Waals surface area contributed by atoms with Gasteiger partial charge in [-0.05, 0) is 54.8 Å². The van der Waals surface area contributed by atoms with E-state index in [1.54, 1.807) is 28.9 Å². The molecule has 216 valence electrons. The average Bonchev–Trinajstić information content (AvgIpc) is 2.94. The molecule has 3 aromatic carbocycles. The standard InChI is InChI=1S/C31H29F6N2O2/c1-4-14-39-28(20(5-2)15-19-16-23(30(32,33)34)18-24(17-19)31(35,36)37)26-9-7-6-8-25(26)27(38-39)21-10-12-22(13-11-21)29(40)41-3/h6-13,16-18,20H,4-5,14-15H2,1-3H3/q+1. The average molecular weight is 576 g/mol. The van der Waals surface area contributed by atoms with E-state index in [1.807, 2.05) is 38.1 Å². The summed E-state index contributed by atoms with van der Waals surface area (Å²) >= 11 is 0. The van der Waals surface area contributed by atoms with Crippen LogP contribution in [0, 0.1) is 0 Å². The Morgan fingerprint density at radius 2 is 1.46 bits per heavy atom. The number of nitrogens with zero attached hydrogens (tertiary/aromatic N) is 2. The molecule has 4 nitrogen and oxygen atoms in total. The number of hydrogen-bond acceptors (Lipinski definition) is 3. The van der Waals surface area contributed by atoms with Crippen molar-refractivity contribution in [2.24, 2.45) is 0 Å². The lowest BCUT2D eigenvalue weighted by atomic mass is 9.88. The first-order valence-corrected chi connectivity index (χ1v) is 13.2. The number of methoxy groups -OCH3 is 1. The molecule has 1 heterocycles. The van der Waals surface area contributed by atoms with Crippen LogP contribution in [0.25, 0.3) is 22.0 Å². The zero-order valence-corrected chi connectivity index (χ0v) is 22.7. The summed E-state index contributed by atoms with van der Waals surface area (Å²) in [6.45, 7) is 4.30. The van der Waals surface area contributed by atoms with E-state index in [2.05, 4.69) is 0 Å². The lowest BCUT2D eigenvalue weighted by Crippen LogP contribution is -2.44. The predicted molar refractivity (Wildman–Crippen MR) is 142 cm³/mol. The van der Waals surface area contributed by atoms with Gasteiger partial charge >= 0.3 is 18.3 Å². The van der Waals surface area contributed by atoms with Crippen molar-refractivity contribution in [3.8, 4) is 11.3 Å². The number of rotatable bonds is 8. The molecule has 0 amide bonds. The number of ether oxygens (including phenoxy) is 1. The highest BCUT2D eigenvalue weighted by molar-refractivity contribution is 5.96. The fourth-order valence-electron chi connectivity index (χ4n) is 5.04. The maximum Gasteiger partial charge on any atom is 0.416 e. The molecule has 0 aliphatic rings. The van der Waals surface area contributed by atoms with E-state index in [9.17, 15) is 31.1 Å². The van der Waals surface area contributed by atoms with Gasteiger partial charge in [0.05, 0.1) is 35.1 Å². The van der Waals surface area contributed by atoms with Crippen molar-refractivity contribution in [1.82, 2.24) is 5.10 Å². The maximum absolute atomic E-state index is 13.5. The van der Waals surface area contributed by atoms with Crippen LogP contribution >= 0.6 is 0 Å². The van der Waals surface area contributed by atoms with Crippen LogP contribution in [0.5, 0.6) is 0 Å². The van der Waals surface area contributed by atoms with Gasteiger partial charge in [0, 0.05) is 22.5 Å². The third-order valence-corrected chi connectivity index (χ3v) is 6.98. The Labute approximate surface area is 233 Å². The molecule has 4 aromatic rings. The van der Waals surface area contributed by atoms with Crippen molar-refractivity contribution in [2.75, 3.05) is 7.11 Å². The van der Waals surface area contributed by atoms with Crippen LogP contribution in [0.3, 0.4) is 0 Å². The molecule has 10 heteroatoms. The molecule has 1 aromatic heterocycles. The van der Waals surface area contributed by atoms with Crippen LogP contribution in [0.15, 0.2) is 66.7 Å².